The van der Waals surface area contributed by atoms with E-state index in [-0.39, 0.29) is 37.6 Å². The van der Waals surface area contributed by atoms with Gasteiger partial charge in [0.05, 0.1) is 35.3 Å². The maximum atomic E-state index is 8.38. The van der Waals surface area contributed by atoms with Crippen molar-refractivity contribution >= 4 is 32.8 Å². The van der Waals surface area contributed by atoms with Gasteiger partial charge in [0.2, 0.25) is 0 Å². The largest absolute Gasteiger partial charge is 0.372 e. The smallest absolute Gasteiger partial charge is 0.268 e. The van der Waals surface area contributed by atoms with Gasteiger partial charge in [0.1, 0.15) is 5.82 Å². The van der Waals surface area contributed by atoms with Crippen LogP contribution in [0.4, 0.5) is 0 Å². The van der Waals surface area contributed by atoms with Gasteiger partial charge in [-0.05, 0) is 58.3 Å². The second kappa shape index (κ2) is 12.2. The summed E-state index contributed by atoms with van der Waals surface area (Å²) in [7, 11) is 0. The van der Waals surface area contributed by atoms with Crippen molar-refractivity contribution in [3.05, 3.63) is 162 Å². The summed E-state index contributed by atoms with van der Waals surface area (Å²) in [6, 6.07) is 44.2. The molecule has 0 unspecified atom stereocenters. The van der Waals surface area contributed by atoms with E-state index in [1.807, 2.05) is 41.0 Å². The fourth-order valence-corrected chi connectivity index (χ4v) is 6.63. The topological polar surface area (TPSA) is 35.9 Å². The average molecular weight is 822 g/mol. The van der Waals surface area contributed by atoms with Crippen LogP contribution in [0.15, 0.2) is 115 Å². The molecule has 3 aromatic heterocycles. The van der Waals surface area contributed by atoms with Crippen LogP contribution in [0.2, 0.25) is 0 Å². The van der Waals surface area contributed by atoms with Crippen LogP contribution in [0.3, 0.4) is 0 Å². The first kappa shape index (κ1) is 27.0. The Morgan fingerprint density at radius 3 is 2.39 bits per heavy atom. The van der Waals surface area contributed by atoms with Crippen LogP contribution in [-0.4, -0.2) is 14.1 Å². The Morgan fingerprint density at radius 2 is 1.55 bits per heavy atom. The summed E-state index contributed by atoms with van der Waals surface area (Å²) in [6.07, 6.45) is 5.55. The molecular formula is C43H34N4OPt-2. The number of rotatable bonds is 5. The van der Waals surface area contributed by atoms with Gasteiger partial charge in [-0.1, -0.05) is 80.9 Å². The third-order valence-corrected chi connectivity index (χ3v) is 9.10. The van der Waals surface area contributed by atoms with Crippen molar-refractivity contribution in [1.29, 1.82) is 0 Å². The van der Waals surface area contributed by atoms with Gasteiger partial charge in [0.15, 0.2) is 0 Å². The molecule has 5 aromatic carbocycles. The number of imidazole rings is 1. The molecule has 1 aliphatic heterocycles. The van der Waals surface area contributed by atoms with E-state index >= 15 is 0 Å². The van der Waals surface area contributed by atoms with Crippen molar-refractivity contribution in [3.8, 4) is 17.2 Å². The van der Waals surface area contributed by atoms with E-state index < -0.39 is 13.1 Å². The van der Waals surface area contributed by atoms with E-state index in [0.717, 1.165) is 55.3 Å². The summed E-state index contributed by atoms with van der Waals surface area (Å²) in [4.78, 5) is 4.62. The summed E-state index contributed by atoms with van der Waals surface area (Å²) >= 11 is 0. The molecule has 1 aliphatic rings. The van der Waals surface area contributed by atoms with Gasteiger partial charge < -0.3 is 13.9 Å². The quantitative estimate of drug-likeness (QED) is 0.129. The van der Waals surface area contributed by atoms with Gasteiger partial charge in [-0.15, -0.1) is 5.39 Å². The first-order valence-corrected chi connectivity index (χ1v) is 16.1. The summed E-state index contributed by atoms with van der Waals surface area (Å²) < 4.78 is 44.4. The van der Waals surface area contributed by atoms with Crippen LogP contribution in [0.25, 0.3) is 50.0 Å². The van der Waals surface area contributed by atoms with E-state index in [9.17, 15) is 0 Å². The first-order chi connectivity index (χ1) is 24.9. The molecule has 0 aliphatic carbocycles. The predicted octanol–water partition coefficient (Wildman–Crippen LogP) is 8.72. The fourth-order valence-electron chi connectivity index (χ4n) is 6.63. The van der Waals surface area contributed by atoms with Gasteiger partial charge in [-0.25, -0.2) is 4.98 Å². The van der Waals surface area contributed by atoms with Crippen LogP contribution < -0.4 is 4.57 Å². The zero-order valence-corrected chi connectivity index (χ0v) is 29.5. The number of pyridine rings is 1. The standard InChI is InChI=1S/C43H34N4O.Pt/c1-43(2,3)33-16-18-34(19-17-33)45-28-46(40-14-7-6-13-39(40)45)35-10-8-9-29(22-35)21-30-15-20-37-36-11-4-5-12-38(36)47(41(37)23-30)42-24-31-26-48-27-32(31)25-44-42;/h4-20,24-25H,21,26-27H2,1-3H3;/q-2;/i26D2,27D2;. The minimum absolute atomic E-state index is 0. The van der Waals surface area contributed by atoms with Gasteiger partial charge in [-0.2, -0.15) is 53.6 Å². The van der Waals surface area contributed by atoms with Gasteiger partial charge >= 0.3 is 0 Å². The van der Waals surface area contributed by atoms with E-state index in [4.69, 9.17) is 10.2 Å². The summed E-state index contributed by atoms with van der Waals surface area (Å²) in [5, 5.41) is 2.00. The van der Waals surface area contributed by atoms with Crippen LogP contribution in [0.1, 0.15) is 54.1 Å². The molecule has 0 fully saturated rings. The van der Waals surface area contributed by atoms with Crippen LogP contribution in [-0.2, 0) is 50.8 Å². The number of ether oxygens (including phenoxy) is 1. The number of fused-ring (bicyclic) bond motifs is 5. The molecule has 0 saturated heterocycles. The number of nitrogens with zero attached hydrogens (tertiary/aromatic N) is 4. The van der Waals surface area contributed by atoms with Gasteiger partial charge in [0, 0.05) is 38.3 Å². The second-order valence-electron chi connectivity index (χ2n) is 13.3. The van der Waals surface area contributed by atoms with Crippen molar-refractivity contribution in [2.24, 2.45) is 0 Å². The van der Waals surface area contributed by atoms with Crippen LogP contribution in [0.5, 0.6) is 0 Å². The Kier molecular flexibility index (Phi) is 6.76. The summed E-state index contributed by atoms with van der Waals surface area (Å²) in [5.41, 5.74) is 9.21. The molecule has 244 valence electrons. The molecule has 0 atom stereocenters. The molecule has 0 bridgehead atoms. The number of para-hydroxylation sites is 3. The van der Waals surface area contributed by atoms with E-state index in [1.165, 1.54) is 11.8 Å². The molecule has 49 heavy (non-hydrogen) atoms. The molecule has 0 spiro atoms. The summed E-state index contributed by atoms with van der Waals surface area (Å²) in [6.45, 7) is 2.11. The van der Waals surface area contributed by atoms with Gasteiger partial charge in [0.25, 0.3) is 6.33 Å². The minimum Gasteiger partial charge on any atom is -0.372 e. The Morgan fingerprint density at radius 1 is 0.796 bits per heavy atom. The number of hydrogen-bond acceptors (Lipinski definition) is 2. The number of aromatic nitrogens is 4. The molecule has 6 heteroatoms. The molecule has 4 heterocycles. The Labute approximate surface area is 306 Å². The minimum atomic E-state index is -2.29. The number of hydrogen-bond donors (Lipinski definition) is 0. The van der Waals surface area contributed by atoms with E-state index in [1.54, 1.807) is 6.07 Å². The fraction of sp³-hybridized carbons (Fsp3) is 0.163. The molecule has 5 nitrogen and oxygen atoms in total. The third kappa shape index (κ3) is 5.52. The maximum absolute atomic E-state index is 8.38. The zero-order chi connectivity index (χ0) is 36.0. The van der Waals surface area contributed by atoms with E-state index in [0.29, 0.717) is 12.2 Å². The van der Waals surface area contributed by atoms with Crippen LogP contribution in [0, 0.1) is 18.5 Å². The molecule has 0 saturated carbocycles. The molecule has 0 N–H and O–H groups in total. The van der Waals surface area contributed by atoms with Crippen LogP contribution >= 0.6 is 0 Å². The molecule has 0 radical (unpaired) electrons. The Balaban J connectivity index is 0.00000400. The van der Waals surface area contributed by atoms with Crippen molar-refractivity contribution in [2.75, 3.05) is 0 Å². The monoisotopic (exact) mass is 821 g/mol. The third-order valence-electron chi connectivity index (χ3n) is 9.10. The van der Waals surface area contributed by atoms with Crippen molar-refractivity contribution in [3.63, 3.8) is 0 Å². The second-order valence-corrected chi connectivity index (χ2v) is 13.3. The Bertz CT molecular complexity index is 2690. The maximum Gasteiger partial charge on any atom is 0.268 e. The van der Waals surface area contributed by atoms with Gasteiger partial charge in [-0.3, -0.25) is 4.57 Å². The Hall–Kier alpha value is -4.83. The van der Waals surface area contributed by atoms with E-state index in [2.05, 4.69) is 120 Å². The van der Waals surface area contributed by atoms with Crippen molar-refractivity contribution < 1.29 is 35.9 Å². The SMILES string of the molecule is [2H]C1([2H])OC([2H])([2H])c2cc(-n3c4[c-]c(Cc5[c-]c(-n6[c-][n+](-c7ccc(C(C)(C)C)cc7)c7ccccc76)ccc5)ccc4c4ccccc43)ncc21.[Pt]. The zero-order valence-electron chi connectivity index (χ0n) is 31.2. The van der Waals surface area contributed by atoms with Crippen molar-refractivity contribution in [1.82, 2.24) is 14.1 Å². The molecular weight excluding hydrogens is 784 g/mol. The first-order valence-electron chi connectivity index (χ1n) is 18.1. The molecule has 0 amide bonds. The average Bonchev–Trinajstić information content (AvgIpc) is 3.72. The van der Waals surface area contributed by atoms with Crippen molar-refractivity contribution in [2.45, 2.75) is 45.7 Å². The summed E-state index contributed by atoms with van der Waals surface area (Å²) in [5.74, 6) is 0.466. The number of benzene rings is 5. The molecule has 8 aromatic rings. The normalized spacial score (nSPS) is 16.1. The predicted molar refractivity (Wildman–Crippen MR) is 190 cm³/mol. The molecule has 9 rings (SSSR count).